The Hall–Kier alpha value is -1.45. The van der Waals surface area contributed by atoms with Gasteiger partial charge < -0.3 is 5.73 Å². The molecule has 3 heteroatoms. The van der Waals surface area contributed by atoms with Crippen LogP contribution >= 0.6 is 0 Å². The van der Waals surface area contributed by atoms with Crippen LogP contribution < -0.4 is 5.73 Å². The Morgan fingerprint density at radius 3 is 2.14 bits per heavy atom. The minimum absolute atomic E-state index is 0.203. The van der Waals surface area contributed by atoms with Crippen molar-refractivity contribution in [2.24, 2.45) is 5.73 Å². The Balaban J connectivity index is 2.16. The zero-order valence-electron chi connectivity index (χ0n) is 13.1. The van der Waals surface area contributed by atoms with Crippen molar-refractivity contribution in [3.8, 4) is 0 Å². The summed E-state index contributed by atoms with van der Waals surface area (Å²) in [5, 5.41) is 0. The lowest BCUT2D eigenvalue weighted by atomic mass is 10.0. The average molecular weight is 301 g/mol. The lowest BCUT2D eigenvalue weighted by Gasteiger charge is -2.14. The molecule has 2 aromatic carbocycles. The Morgan fingerprint density at radius 2 is 1.57 bits per heavy atom. The van der Waals surface area contributed by atoms with Crippen molar-refractivity contribution in [2.45, 2.75) is 38.6 Å². The molecule has 0 heterocycles. The number of rotatable bonds is 4. The van der Waals surface area contributed by atoms with E-state index in [1.807, 2.05) is 25.1 Å². The Bertz CT molecular complexity index is 659. The van der Waals surface area contributed by atoms with E-state index in [-0.39, 0.29) is 6.04 Å². The number of nitrogens with two attached hydrogens (primary N) is 1. The second-order valence-corrected chi connectivity index (χ2v) is 7.28. The summed E-state index contributed by atoms with van der Waals surface area (Å²) >= 11 is 0. The molecule has 2 atom stereocenters. The zero-order chi connectivity index (χ0) is 15.6. The number of benzene rings is 2. The summed E-state index contributed by atoms with van der Waals surface area (Å²) < 4.78 is 12.5. The maximum absolute atomic E-state index is 12.5. The highest BCUT2D eigenvalue weighted by atomic mass is 32.2. The fraction of sp³-hybridized carbons (Fsp3) is 0.333. The molecule has 0 aliphatic heterocycles. The van der Waals surface area contributed by atoms with Gasteiger partial charge in [-0.25, -0.2) is 0 Å². The van der Waals surface area contributed by atoms with Crippen LogP contribution in [0.4, 0.5) is 0 Å². The predicted octanol–water partition coefficient (Wildman–Crippen LogP) is 3.73. The Labute approximate surface area is 129 Å². The molecular formula is C18H23NOS. The largest absolute Gasteiger partial charge is 0.323 e. The maximum atomic E-state index is 12.5. The molecule has 0 aromatic heterocycles. The number of hydrogen-bond donors (Lipinski definition) is 1. The van der Waals surface area contributed by atoms with E-state index in [1.54, 1.807) is 0 Å². The van der Waals surface area contributed by atoms with Gasteiger partial charge in [-0.2, -0.15) is 0 Å². The summed E-state index contributed by atoms with van der Waals surface area (Å²) in [5.74, 6) is 0.450. The molecule has 2 N–H and O–H groups in total. The molecule has 0 amide bonds. The van der Waals surface area contributed by atoms with E-state index in [0.29, 0.717) is 5.75 Å². The minimum atomic E-state index is -1.07. The maximum Gasteiger partial charge on any atom is 0.0548 e. The van der Waals surface area contributed by atoms with E-state index in [9.17, 15) is 4.21 Å². The van der Waals surface area contributed by atoms with Crippen LogP contribution in [-0.2, 0) is 10.8 Å². The molecule has 21 heavy (non-hydrogen) atoms. The molecule has 0 bridgehead atoms. The molecule has 2 unspecified atom stereocenters. The zero-order valence-corrected chi connectivity index (χ0v) is 14.0. The van der Waals surface area contributed by atoms with Crippen molar-refractivity contribution >= 4 is 10.8 Å². The summed E-state index contributed by atoms with van der Waals surface area (Å²) in [6, 6.07) is 12.0. The molecular weight excluding hydrogens is 278 g/mol. The first kappa shape index (κ1) is 15.9. The quantitative estimate of drug-likeness (QED) is 0.935. The van der Waals surface area contributed by atoms with Gasteiger partial charge in [0.1, 0.15) is 0 Å². The van der Waals surface area contributed by atoms with Gasteiger partial charge in [0, 0.05) is 16.7 Å². The van der Waals surface area contributed by atoms with Crippen LogP contribution in [0.5, 0.6) is 0 Å². The molecule has 0 saturated carbocycles. The first-order chi connectivity index (χ1) is 9.86. The van der Waals surface area contributed by atoms with Crippen LogP contribution in [-0.4, -0.2) is 9.96 Å². The van der Waals surface area contributed by atoms with E-state index < -0.39 is 10.8 Å². The van der Waals surface area contributed by atoms with Crippen LogP contribution in [0, 0.1) is 27.7 Å². The first-order valence-corrected chi connectivity index (χ1v) is 8.48. The minimum Gasteiger partial charge on any atom is -0.323 e. The molecule has 2 nitrogen and oxygen atoms in total. The number of hydrogen-bond acceptors (Lipinski definition) is 2. The summed E-state index contributed by atoms with van der Waals surface area (Å²) in [7, 11) is -1.07. The van der Waals surface area contributed by atoms with E-state index in [0.717, 1.165) is 10.5 Å². The summed E-state index contributed by atoms with van der Waals surface area (Å²) in [4.78, 5) is 0.859. The number of aryl methyl sites for hydroxylation is 4. The molecule has 0 fully saturated rings. The van der Waals surface area contributed by atoms with Crippen molar-refractivity contribution in [3.63, 3.8) is 0 Å². The standard InChI is InChI=1S/C18H23NOS/c1-12-7-13(2)9-16(8-12)18(19)11-21(20)17-6-5-14(3)15(4)10-17/h5-10,18H,11,19H2,1-4H3. The average Bonchev–Trinajstić information content (AvgIpc) is 2.40. The molecule has 2 rings (SSSR count). The monoisotopic (exact) mass is 301 g/mol. The van der Waals surface area contributed by atoms with Gasteiger partial charge in [-0.1, -0.05) is 35.4 Å². The van der Waals surface area contributed by atoms with Crippen LogP contribution in [0.15, 0.2) is 41.3 Å². The van der Waals surface area contributed by atoms with Gasteiger partial charge in [-0.3, -0.25) is 4.21 Å². The SMILES string of the molecule is Cc1cc(C)cc(C(N)CS(=O)c2ccc(C)c(C)c2)c1. The summed E-state index contributed by atoms with van der Waals surface area (Å²) in [6.07, 6.45) is 0. The molecule has 112 valence electrons. The van der Waals surface area contributed by atoms with Crippen molar-refractivity contribution in [2.75, 3.05) is 5.75 Å². The van der Waals surface area contributed by atoms with Gasteiger partial charge in [-0.05, 0) is 56.5 Å². The van der Waals surface area contributed by atoms with E-state index in [2.05, 4.69) is 39.0 Å². The molecule has 0 saturated heterocycles. The second-order valence-electron chi connectivity index (χ2n) is 5.79. The van der Waals surface area contributed by atoms with Gasteiger partial charge in [0.25, 0.3) is 0 Å². The summed E-state index contributed by atoms with van der Waals surface area (Å²) in [5.41, 5.74) is 12.1. The van der Waals surface area contributed by atoms with E-state index in [1.165, 1.54) is 22.3 Å². The van der Waals surface area contributed by atoms with Crippen LogP contribution in [0.25, 0.3) is 0 Å². The fourth-order valence-corrected chi connectivity index (χ4v) is 3.67. The van der Waals surface area contributed by atoms with E-state index >= 15 is 0 Å². The highest BCUT2D eigenvalue weighted by molar-refractivity contribution is 7.85. The third-order valence-electron chi connectivity index (χ3n) is 3.74. The lowest BCUT2D eigenvalue weighted by molar-refractivity contribution is 0.675. The fourth-order valence-electron chi connectivity index (χ4n) is 2.44. The topological polar surface area (TPSA) is 43.1 Å². The highest BCUT2D eigenvalue weighted by Gasteiger charge is 2.13. The predicted molar refractivity (Wildman–Crippen MR) is 90.0 cm³/mol. The Morgan fingerprint density at radius 1 is 0.952 bits per heavy atom. The van der Waals surface area contributed by atoms with Gasteiger partial charge in [0.15, 0.2) is 0 Å². The molecule has 0 aliphatic rings. The third-order valence-corrected chi connectivity index (χ3v) is 5.19. The lowest BCUT2D eigenvalue weighted by Crippen LogP contribution is -2.18. The smallest absolute Gasteiger partial charge is 0.0548 e. The van der Waals surface area contributed by atoms with Crippen LogP contribution in [0.1, 0.15) is 33.9 Å². The molecule has 0 spiro atoms. The van der Waals surface area contributed by atoms with Gasteiger partial charge >= 0.3 is 0 Å². The van der Waals surface area contributed by atoms with Gasteiger partial charge in [-0.15, -0.1) is 0 Å². The molecule has 2 aromatic rings. The second kappa shape index (κ2) is 6.54. The Kier molecular flexibility index (Phi) is 4.96. The summed E-state index contributed by atoms with van der Waals surface area (Å²) in [6.45, 7) is 8.22. The van der Waals surface area contributed by atoms with Gasteiger partial charge in [0.2, 0.25) is 0 Å². The first-order valence-electron chi connectivity index (χ1n) is 7.16. The van der Waals surface area contributed by atoms with E-state index in [4.69, 9.17) is 5.73 Å². The molecule has 0 radical (unpaired) electrons. The third kappa shape index (κ3) is 4.02. The van der Waals surface area contributed by atoms with Crippen molar-refractivity contribution in [1.29, 1.82) is 0 Å². The van der Waals surface area contributed by atoms with Crippen molar-refractivity contribution in [1.82, 2.24) is 0 Å². The normalized spacial score (nSPS) is 14.0. The highest BCUT2D eigenvalue weighted by Crippen LogP contribution is 2.19. The molecule has 0 aliphatic carbocycles. The van der Waals surface area contributed by atoms with Crippen LogP contribution in [0.2, 0.25) is 0 Å². The van der Waals surface area contributed by atoms with Crippen molar-refractivity contribution in [3.05, 3.63) is 64.2 Å². The van der Waals surface area contributed by atoms with Gasteiger partial charge in [0.05, 0.1) is 10.8 Å². The van der Waals surface area contributed by atoms with Crippen molar-refractivity contribution < 1.29 is 4.21 Å². The van der Waals surface area contributed by atoms with Crippen LogP contribution in [0.3, 0.4) is 0 Å².